The van der Waals surface area contributed by atoms with E-state index in [1.165, 1.54) is 18.5 Å². The van der Waals surface area contributed by atoms with Gasteiger partial charge in [-0.15, -0.1) is 0 Å². The maximum Gasteiger partial charge on any atom is 0.337 e. The van der Waals surface area contributed by atoms with Gasteiger partial charge in [0.25, 0.3) is 0 Å². The standard InChI is InChI=1S/C10H8ClN3O2/c1-6-12-5-13-14(6)7-2-3-9(11)8(4-7)10(15)16/h2-5H,1H3,(H,15,16). The molecule has 1 N–H and O–H groups in total. The Hall–Kier alpha value is -1.88. The summed E-state index contributed by atoms with van der Waals surface area (Å²) in [5, 5.41) is 13.1. The monoisotopic (exact) mass is 237 g/mol. The molecule has 0 atom stereocenters. The predicted octanol–water partition coefficient (Wildman–Crippen LogP) is 1.93. The summed E-state index contributed by atoms with van der Waals surface area (Å²) in [5.74, 6) is -0.386. The number of nitrogens with zero attached hydrogens (tertiary/aromatic N) is 3. The van der Waals surface area contributed by atoms with E-state index in [0.29, 0.717) is 11.5 Å². The number of hydrogen-bond acceptors (Lipinski definition) is 3. The zero-order chi connectivity index (χ0) is 11.7. The average Bonchev–Trinajstić information content (AvgIpc) is 2.65. The van der Waals surface area contributed by atoms with Crippen LogP contribution in [0.5, 0.6) is 0 Å². The number of hydrogen-bond donors (Lipinski definition) is 1. The number of aromatic carboxylic acids is 1. The third kappa shape index (κ3) is 1.77. The maximum absolute atomic E-state index is 10.9. The van der Waals surface area contributed by atoms with Crippen molar-refractivity contribution in [2.45, 2.75) is 6.92 Å². The molecule has 0 unspecified atom stereocenters. The van der Waals surface area contributed by atoms with E-state index in [1.807, 2.05) is 0 Å². The SMILES string of the molecule is Cc1ncnn1-c1ccc(Cl)c(C(=O)O)c1. The van der Waals surface area contributed by atoms with Crippen LogP contribution in [-0.2, 0) is 0 Å². The molecule has 0 fully saturated rings. The molecule has 82 valence electrons. The molecule has 0 spiro atoms. The smallest absolute Gasteiger partial charge is 0.337 e. The number of halogens is 1. The zero-order valence-corrected chi connectivity index (χ0v) is 9.14. The second-order valence-corrected chi connectivity index (χ2v) is 3.60. The molecule has 0 aliphatic heterocycles. The Labute approximate surface area is 96.3 Å². The number of benzene rings is 1. The summed E-state index contributed by atoms with van der Waals surface area (Å²) in [6, 6.07) is 4.68. The van der Waals surface area contributed by atoms with Crippen molar-refractivity contribution in [3.8, 4) is 5.69 Å². The van der Waals surface area contributed by atoms with Gasteiger partial charge < -0.3 is 5.11 Å². The lowest BCUT2D eigenvalue weighted by Gasteiger charge is -2.05. The van der Waals surface area contributed by atoms with Gasteiger partial charge in [-0.2, -0.15) is 5.10 Å². The van der Waals surface area contributed by atoms with E-state index in [0.717, 1.165) is 0 Å². The van der Waals surface area contributed by atoms with Gasteiger partial charge in [0.15, 0.2) is 0 Å². The highest BCUT2D eigenvalue weighted by molar-refractivity contribution is 6.33. The first-order valence-corrected chi connectivity index (χ1v) is 4.87. The summed E-state index contributed by atoms with van der Waals surface area (Å²) in [4.78, 5) is 14.9. The van der Waals surface area contributed by atoms with Crippen molar-refractivity contribution in [3.63, 3.8) is 0 Å². The quantitative estimate of drug-likeness (QED) is 0.867. The van der Waals surface area contributed by atoms with Crippen LogP contribution in [0.3, 0.4) is 0 Å². The van der Waals surface area contributed by atoms with E-state index >= 15 is 0 Å². The Kier molecular flexibility index (Phi) is 2.62. The van der Waals surface area contributed by atoms with E-state index in [2.05, 4.69) is 10.1 Å². The minimum absolute atomic E-state index is 0.0501. The van der Waals surface area contributed by atoms with Crippen LogP contribution in [0.15, 0.2) is 24.5 Å². The van der Waals surface area contributed by atoms with Crippen molar-refractivity contribution in [1.82, 2.24) is 14.8 Å². The van der Waals surface area contributed by atoms with Crippen molar-refractivity contribution >= 4 is 17.6 Å². The Bertz CT molecular complexity index is 551. The molecule has 0 aliphatic rings. The molecule has 16 heavy (non-hydrogen) atoms. The van der Waals surface area contributed by atoms with E-state index in [-0.39, 0.29) is 10.6 Å². The number of carboxylic acid groups (broad SMARTS) is 1. The number of carbonyl (C=O) groups is 1. The average molecular weight is 238 g/mol. The van der Waals surface area contributed by atoms with Gasteiger partial charge in [-0.1, -0.05) is 11.6 Å². The molecule has 2 aromatic rings. The fraction of sp³-hybridized carbons (Fsp3) is 0.100. The summed E-state index contributed by atoms with van der Waals surface area (Å²) in [7, 11) is 0. The molecule has 0 bridgehead atoms. The van der Waals surface area contributed by atoms with Crippen molar-refractivity contribution in [2.75, 3.05) is 0 Å². The first-order chi connectivity index (χ1) is 7.59. The number of aryl methyl sites for hydroxylation is 1. The highest BCUT2D eigenvalue weighted by atomic mass is 35.5. The van der Waals surface area contributed by atoms with E-state index in [4.69, 9.17) is 16.7 Å². The lowest BCUT2D eigenvalue weighted by atomic mass is 10.2. The van der Waals surface area contributed by atoms with Crippen molar-refractivity contribution in [2.24, 2.45) is 0 Å². The van der Waals surface area contributed by atoms with Gasteiger partial charge in [-0.3, -0.25) is 0 Å². The first-order valence-electron chi connectivity index (χ1n) is 4.49. The molecule has 6 heteroatoms. The third-order valence-electron chi connectivity index (χ3n) is 2.14. The van der Waals surface area contributed by atoms with E-state index in [1.54, 1.807) is 17.7 Å². The van der Waals surface area contributed by atoms with Crippen LogP contribution in [0.4, 0.5) is 0 Å². The van der Waals surface area contributed by atoms with Crippen molar-refractivity contribution in [1.29, 1.82) is 0 Å². The summed E-state index contributed by atoms with van der Waals surface area (Å²) in [5.41, 5.74) is 0.672. The molecule has 0 saturated carbocycles. The summed E-state index contributed by atoms with van der Waals surface area (Å²) in [6.07, 6.45) is 1.41. The van der Waals surface area contributed by atoms with Crippen LogP contribution in [0.2, 0.25) is 5.02 Å². The molecular weight excluding hydrogens is 230 g/mol. The van der Waals surface area contributed by atoms with Crippen LogP contribution in [-0.4, -0.2) is 25.8 Å². The van der Waals surface area contributed by atoms with Gasteiger partial charge in [-0.05, 0) is 25.1 Å². The molecule has 2 rings (SSSR count). The van der Waals surface area contributed by atoms with Crippen LogP contribution in [0.25, 0.3) is 5.69 Å². The third-order valence-corrected chi connectivity index (χ3v) is 2.47. The summed E-state index contributed by atoms with van der Waals surface area (Å²) >= 11 is 5.77. The molecule has 0 amide bonds. The molecule has 5 nitrogen and oxygen atoms in total. The summed E-state index contributed by atoms with van der Waals surface area (Å²) < 4.78 is 1.54. The number of aromatic nitrogens is 3. The van der Waals surface area contributed by atoms with Gasteiger partial charge in [0.05, 0.1) is 16.3 Å². The Morgan fingerprint density at radius 1 is 1.50 bits per heavy atom. The lowest BCUT2D eigenvalue weighted by Crippen LogP contribution is -2.03. The molecule has 1 heterocycles. The number of carboxylic acids is 1. The molecular formula is C10H8ClN3O2. The van der Waals surface area contributed by atoms with Crippen LogP contribution < -0.4 is 0 Å². The summed E-state index contributed by atoms with van der Waals surface area (Å²) in [6.45, 7) is 1.78. The Balaban J connectivity index is 2.56. The topological polar surface area (TPSA) is 68.0 Å². The van der Waals surface area contributed by atoms with Crippen molar-refractivity contribution in [3.05, 3.63) is 40.9 Å². The van der Waals surface area contributed by atoms with Gasteiger partial charge in [-0.25, -0.2) is 14.5 Å². The zero-order valence-electron chi connectivity index (χ0n) is 8.38. The molecule has 1 aromatic heterocycles. The Morgan fingerprint density at radius 2 is 2.25 bits per heavy atom. The lowest BCUT2D eigenvalue weighted by molar-refractivity contribution is 0.0697. The fourth-order valence-corrected chi connectivity index (χ4v) is 1.56. The van der Waals surface area contributed by atoms with Gasteiger partial charge in [0.1, 0.15) is 12.2 Å². The Morgan fingerprint density at radius 3 is 2.81 bits per heavy atom. The normalized spacial score (nSPS) is 10.4. The van der Waals surface area contributed by atoms with Crippen LogP contribution in [0.1, 0.15) is 16.2 Å². The molecule has 0 saturated heterocycles. The highest BCUT2D eigenvalue weighted by Gasteiger charge is 2.11. The minimum Gasteiger partial charge on any atom is -0.478 e. The first kappa shape index (κ1) is 10.6. The second-order valence-electron chi connectivity index (χ2n) is 3.19. The van der Waals surface area contributed by atoms with E-state index in [9.17, 15) is 4.79 Å². The maximum atomic E-state index is 10.9. The predicted molar refractivity (Wildman–Crippen MR) is 58.1 cm³/mol. The minimum atomic E-state index is -1.07. The molecule has 0 radical (unpaired) electrons. The highest BCUT2D eigenvalue weighted by Crippen LogP contribution is 2.20. The van der Waals surface area contributed by atoms with Gasteiger partial charge in [0, 0.05) is 0 Å². The van der Waals surface area contributed by atoms with Gasteiger partial charge >= 0.3 is 5.97 Å². The van der Waals surface area contributed by atoms with E-state index < -0.39 is 5.97 Å². The largest absolute Gasteiger partial charge is 0.478 e. The second kappa shape index (κ2) is 3.94. The molecule has 0 aliphatic carbocycles. The van der Waals surface area contributed by atoms with Crippen LogP contribution >= 0.6 is 11.6 Å². The molecule has 1 aromatic carbocycles. The van der Waals surface area contributed by atoms with Crippen molar-refractivity contribution < 1.29 is 9.90 Å². The number of rotatable bonds is 2. The van der Waals surface area contributed by atoms with Gasteiger partial charge in [0.2, 0.25) is 0 Å². The van der Waals surface area contributed by atoms with Crippen LogP contribution in [0, 0.1) is 6.92 Å². The fourth-order valence-electron chi connectivity index (χ4n) is 1.36.